The minimum absolute atomic E-state index is 0.123. The van der Waals surface area contributed by atoms with Crippen molar-refractivity contribution in [3.8, 4) is 0 Å². The van der Waals surface area contributed by atoms with Gasteiger partial charge >= 0.3 is 5.97 Å². The molecule has 9 nitrogen and oxygen atoms in total. The number of carboxylic acids is 1. The first-order chi connectivity index (χ1) is 13.3. The Morgan fingerprint density at radius 1 is 0.929 bits per heavy atom. The van der Waals surface area contributed by atoms with Gasteiger partial charge in [-0.15, -0.1) is 0 Å². The second-order valence-electron chi connectivity index (χ2n) is 6.49. The molecule has 0 heterocycles. The molecular weight excluding hydrogens is 366 g/mol. The van der Waals surface area contributed by atoms with E-state index in [1.807, 2.05) is 0 Å². The molecule has 1 aromatic carbocycles. The Bertz CT molecular complexity index is 675. The summed E-state index contributed by atoms with van der Waals surface area (Å²) in [5.41, 5.74) is 2.92. The minimum Gasteiger partial charge on any atom is -0.480 e. The molecule has 0 aliphatic heterocycles. The summed E-state index contributed by atoms with van der Waals surface area (Å²) < 4.78 is 0. The third-order valence-electron chi connectivity index (χ3n) is 4.04. The van der Waals surface area contributed by atoms with Crippen LogP contribution in [0.2, 0.25) is 0 Å². The Balaban J connectivity index is 2.35. The second kappa shape index (κ2) is 12.4. The molecule has 0 aliphatic carbocycles. The lowest BCUT2D eigenvalue weighted by Gasteiger charge is -2.13. The number of hydroxylamine groups is 1. The summed E-state index contributed by atoms with van der Waals surface area (Å²) in [6.45, 7) is 1.26. The molecule has 9 heteroatoms. The normalized spacial score (nSPS) is 11.4. The van der Waals surface area contributed by atoms with Gasteiger partial charge in [0.15, 0.2) is 0 Å². The summed E-state index contributed by atoms with van der Waals surface area (Å²) >= 11 is 0. The average molecular weight is 393 g/mol. The first-order valence-electron chi connectivity index (χ1n) is 9.13. The Labute approximate surface area is 163 Å². The van der Waals surface area contributed by atoms with Crippen LogP contribution in [-0.4, -0.2) is 40.0 Å². The van der Waals surface area contributed by atoms with E-state index in [9.17, 15) is 19.2 Å². The van der Waals surface area contributed by atoms with Crippen molar-refractivity contribution in [3.63, 3.8) is 0 Å². The molecule has 1 rings (SSSR count). The summed E-state index contributed by atoms with van der Waals surface area (Å²) in [5.74, 6) is -2.05. The number of carbonyl (C=O) groups is 4. The zero-order chi connectivity index (χ0) is 20.9. The predicted molar refractivity (Wildman–Crippen MR) is 102 cm³/mol. The molecule has 0 radical (unpaired) electrons. The third kappa shape index (κ3) is 9.67. The van der Waals surface area contributed by atoms with Crippen molar-refractivity contribution in [2.45, 2.75) is 57.9 Å². The van der Waals surface area contributed by atoms with Crippen molar-refractivity contribution in [1.82, 2.24) is 10.8 Å². The number of carbonyl (C=O) groups excluding carboxylic acids is 3. The summed E-state index contributed by atoms with van der Waals surface area (Å²) in [6.07, 6.45) is 3.74. The van der Waals surface area contributed by atoms with E-state index < -0.39 is 23.8 Å². The lowest BCUT2D eigenvalue weighted by molar-refractivity contribution is -0.141. The predicted octanol–water partition coefficient (Wildman–Crippen LogP) is 1.60. The summed E-state index contributed by atoms with van der Waals surface area (Å²) in [7, 11) is 0. The maximum absolute atomic E-state index is 11.9. The molecule has 1 atom stereocenters. The lowest BCUT2D eigenvalue weighted by Crippen LogP contribution is -2.41. The molecule has 28 heavy (non-hydrogen) atoms. The Morgan fingerprint density at radius 3 is 2.00 bits per heavy atom. The molecule has 0 aliphatic rings. The van der Waals surface area contributed by atoms with Crippen molar-refractivity contribution < 1.29 is 29.5 Å². The fourth-order valence-corrected chi connectivity index (χ4v) is 2.61. The zero-order valence-electron chi connectivity index (χ0n) is 15.9. The van der Waals surface area contributed by atoms with Crippen LogP contribution in [0.15, 0.2) is 24.3 Å². The summed E-state index contributed by atoms with van der Waals surface area (Å²) in [5, 5.41) is 22.7. The molecule has 0 saturated heterocycles. The van der Waals surface area contributed by atoms with Crippen LogP contribution in [0, 0.1) is 0 Å². The van der Waals surface area contributed by atoms with Gasteiger partial charge in [0, 0.05) is 31.9 Å². The van der Waals surface area contributed by atoms with Gasteiger partial charge in [-0.3, -0.25) is 19.6 Å². The number of carboxylic acid groups (broad SMARTS) is 1. The number of anilines is 1. The van der Waals surface area contributed by atoms with Gasteiger partial charge in [0.05, 0.1) is 0 Å². The third-order valence-corrected chi connectivity index (χ3v) is 4.04. The Kier molecular flexibility index (Phi) is 10.3. The van der Waals surface area contributed by atoms with E-state index in [1.165, 1.54) is 6.92 Å². The number of benzene rings is 1. The number of unbranched alkanes of at least 4 members (excludes halogenated alkanes) is 3. The molecule has 0 unspecified atom stereocenters. The van der Waals surface area contributed by atoms with Gasteiger partial charge in [0.25, 0.3) is 0 Å². The van der Waals surface area contributed by atoms with Gasteiger partial charge in [-0.2, -0.15) is 0 Å². The standard InChI is InChI=1S/C19H27N3O6/c1-13(23)20-16(19(26)27)12-14-8-10-15(11-9-14)21-17(24)6-4-2-3-5-7-18(25)22-28/h8-11,16,28H,2-7,12H2,1H3,(H,20,23)(H,21,24)(H,22,25)(H,26,27)/t16-/m0/s1. The topological polar surface area (TPSA) is 145 Å². The number of aliphatic carboxylic acids is 1. The minimum atomic E-state index is -1.11. The van der Waals surface area contributed by atoms with E-state index in [0.29, 0.717) is 24.9 Å². The van der Waals surface area contributed by atoms with Crippen LogP contribution in [0.25, 0.3) is 0 Å². The maximum atomic E-state index is 11.9. The van der Waals surface area contributed by atoms with Crippen molar-refractivity contribution in [3.05, 3.63) is 29.8 Å². The van der Waals surface area contributed by atoms with Crippen molar-refractivity contribution in [2.75, 3.05) is 5.32 Å². The highest BCUT2D eigenvalue weighted by atomic mass is 16.5. The monoisotopic (exact) mass is 393 g/mol. The van der Waals surface area contributed by atoms with Crippen LogP contribution >= 0.6 is 0 Å². The first kappa shape index (κ1) is 23.1. The fraction of sp³-hybridized carbons (Fsp3) is 0.474. The largest absolute Gasteiger partial charge is 0.480 e. The number of rotatable bonds is 12. The fourth-order valence-electron chi connectivity index (χ4n) is 2.61. The van der Waals surface area contributed by atoms with E-state index in [2.05, 4.69) is 10.6 Å². The second-order valence-corrected chi connectivity index (χ2v) is 6.49. The molecule has 0 fully saturated rings. The number of hydrogen-bond acceptors (Lipinski definition) is 5. The highest BCUT2D eigenvalue weighted by molar-refractivity contribution is 5.90. The molecule has 3 amide bonds. The zero-order valence-corrected chi connectivity index (χ0v) is 15.9. The van der Waals surface area contributed by atoms with Gasteiger partial charge in [-0.05, 0) is 30.5 Å². The smallest absolute Gasteiger partial charge is 0.326 e. The molecule has 154 valence electrons. The molecular formula is C19H27N3O6. The van der Waals surface area contributed by atoms with Gasteiger partial charge in [-0.1, -0.05) is 25.0 Å². The van der Waals surface area contributed by atoms with E-state index in [1.54, 1.807) is 29.7 Å². The molecule has 5 N–H and O–H groups in total. The van der Waals surface area contributed by atoms with Gasteiger partial charge in [-0.25, -0.2) is 10.3 Å². The molecule has 1 aromatic rings. The highest BCUT2D eigenvalue weighted by Gasteiger charge is 2.18. The van der Waals surface area contributed by atoms with Crippen LogP contribution in [-0.2, 0) is 25.6 Å². The number of amides is 3. The van der Waals surface area contributed by atoms with E-state index in [-0.39, 0.29) is 18.7 Å². The van der Waals surface area contributed by atoms with Crippen molar-refractivity contribution in [1.29, 1.82) is 0 Å². The summed E-state index contributed by atoms with van der Waals surface area (Å²) in [4.78, 5) is 45.0. The number of hydrogen-bond donors (Lipinski definition) is 5. The van der Waals surface area contributed by atoms with Crippen LogP contribution < -0.4 is 16.1 Å². The van der Waals surface area contributed by atoms with Crippen molar-refractivity contribution in [2.24, 2.45) is 0 Å². The number of nitrogens with one attached hydrogen (secondary N) is 3. The van der Waals surface area contributed by atoms with Crippen LogP contribution in [0.5, 0.6) is 0 Å². The quantitative estimate of drug-likeness (QED) is 0.207. The Morgan fingerprint density at radius 2 is 1.50 bits per heavy atom. The molecule has 0 bridgehead atoms. The maximum Gasteiger partial charge on any atom is 0.326 e. The summed E-state index contributed by atoms with van der Waals surface area (Å²) in [6, 6.07) is 5.79. The molecule has 0 aromatic heterocycles. The first-order valence-corrected chi connectivity index (χ1v) is 9.13. The SMILES string of the molecule is CC(=O)N[C@@H](Cc1ccc(NC(=O)CCCCCCC(=O)NO)cc1)C(=O)O. The lowest BCUT2D eigenvalue weighted by atomic mass is 10.1. The van der Waals surface area contributed by atoms with Gasteiger partial charge in [0.1, 0.15) is 6.04 Å². The van der Waals surface area contributed by atoms with E-state index in [0.717, 1.165) is 18.4 Å². The van der Waals surface area contributed by atoms with E-state index in [4.69, 9.17) is 10.3 Å². The Hall–Kier alpha value is -2.94. The van der Waals surface area contributed by atoms with Crippen LogP contribution in [0.3, 0.4) is 0 Å². The van der Waals surface area contributed by atoms with Crippen LogP contribution in [0.4, 0.5) is 5.69 Å². The van der Waals surface area contributed by atoms with Crippen LogP contribution in [0.1, 0.15) is 51.0 Å². The highest BCUT2D eigenvalue weighted by Crippen LogP contribution is 2.13. The van der Waals surface area contributed by atoms with Gasteiger partial charge < -0.3 is 15.7 Å². The molecule has 0 spiro atoms. The average Bonchev–Trinajstić information content (AvgIpc) is 2.64. The van der Waals surface area contributed by atoms with E-state index >= 15 is 0 Å². The van der Waals surface area contributed by atoms with Crippen molar-refractivity contribution >= 4 is 29.4 Å². The van der Waals surface area contributed by atoms with Gasteiger partial charge in [0.2, 0.25) is 17.7 Å². The molecule has 0 saturated carbocycles.